The lowest BCUT2D eigenvalue weighted by Crippen LogP contribution is -2.26. The van der Waals surface area contributed by atoms with Crippen molar-refractivity contribution >= 4 is 17.3 Å². The Morgan fingerprint density at radius 1 is 1.06 bits per heavy atom. The molecule has 0 radical (unpaired) electrons. The van der Waals surface area contributed by atoms with Crippen molar-refractivity contribution in [2.24, 2.45) is 5.73 Å². The minimum Gasteiger partial charge on any atom is -0.371 e. The summed E-state index contributed by atoms with van der Waals surface area (Å²) in [5.41, 5.74) is 7.90. The molecule has 1 aromatic rings. The highest BCUT2D eigenvalue weighted by atomic mass is 35.5. The van der Waals surface area contributed by atoms with Crippen LogP contribution in [0.1, 0.15) is 37.7 Å². The topological polar surface area (TPSA) is 29.3 Å². The zero-order valence-corrected chi connectivity index (χ0v) is 11.0. The van der Waals surface area contributed by atoms with Gasteiger partial charge in [-0.05, 0) is 30.5 Å². The zero-order valence-electron chi connectivity index (χ0n) is 10.3. The molecule has 1 fully saturated rings. The SMILES string of the molecule is NCc1ccc(N2CCCCCCC2)cc1Cl. The Bertz CT molecular complexity index is 357. The van der Waals surface area contributed by atoms with Crippen LogP contribution in [0.5, 0.6) is 0 Å². The Balaban J connectivity index is 2.11. The number of rotatable bonds is 2. The highest BCUT2D eigenvalue weighted by molar-refractivity contribution is 6.31. The molecule has 0 unspecified atom stereocenters. The summed E-state index contributed by atoms with van der Waals surface area (Å²) in [5.74, 6) is 0. The molecule has 0 aliphatic carbocycles. The number of halogens is 1. The Morgan fingerprint density at radius 3 is 2.29 bits per heavy atom. The smallest absolute Gasteiger partial charge is 0.0471 e. The van der Waals surface area contributed by atoms with Crippen molar-refractivity contribution in [3.8, 4) is 0 Å². The molecule has 1 aliphatic rings. The molecule has 0 bridgehead atoms. The van der Waals surface area contributed by atoms with Gasteiger partial charge in [-0.15, -0.1) is 0 Å². The van der Waals surface area contributed by atoms with Crippen molar-refractivity contribution < 1.29 is 0 Å². The van der Waals surface area contributed by atoms with Gasteiger partial charge in [0, 0.05) is 30.3 Å². The van der Waals surface area contributed by atoms with Crippen molar-refractivity contribution in [1.29, 1.82) is 0 Å². The van der Waals surface area contributed by atoms with E-state index >= 15 is 0 Å². The second kappa shape index (κ2) is 6.27. The lowest BCUT2D eigenvalue weighted by atomic mass is 10.1. The van der Waals surface area contributed by atoms with E-state index in [0.29, 0.717) is 6.54 Å². The molecule has 0 saturated carbocycles. The lowest BCUT2D eigenvalue weighted by Gasteiger charge is -2.27. The van der Waals surface area contributed by atoms with Gasteiger partial charge in [0.1, 0.15) is 0 Å². The van der Waals surface area contributed by atoms with E-state index in [2.05, 4.69) is 23.1 Å². The molecule has 3 heteroatoms. The molecule has 0 aromatic heterocycles. The van der Waals surface area contributed by atoms with Gasteiger partial charge >= 0.3 is 0 Å². The summed E-state index contributed by atoms with van der Waals surface area (Å²) in [4.78, 5) is 2.45. The van der Waals surface area contributed by atoms with Crippen LogP contribution < -0.4 is 10.6 Å². The monoisotopic (exact) mass is 252 g/mol. The number of hydrogen-bond donors (Lipinski definition) is 1. The van der Waals surface area contributed by atoms with Crippen molar-refractivity contribution in [3.05, 3.63) is 28.8 Å². The standard InChI is InChI=1S/C14H21ClN2/c15-14-10-13(7-6-12(14)11-16)17-8-4-2-1-3-5-9-17/h6-7,10H,1-5,8-9,11,16H2. The van der Waals surface area contributed by atoms with Crippen LogP contribution in [0, 0.1) is 0 Å². The fraction of sp³-hybridized carbons (Fsp3) is 0.571. The van der Waals surface area contributed by atoms with Crippen LogP contribution in [-0.4, -0.2) is 13.1 Å². The van der Waals surface area contributed by atoms with Gasteiger partial charge in [-0.2, -0.15) is 0 Å². The van der Waals surface area contributed by atoms with Crippen molar-refractivity contribution in [1.82, 2.24) is 0 Å². The summed E-state index contributed by atoms with van der Waals surface area (Å²) in [6, 6.07) is 6.26. The zero-order chi connectivity index (χ0) is 12.1. The fourth-order valence-corrected chi connectivity index (χ4v) is 2.66. The maximum absolute atomic E-state index is 6.22. The molecule has 0 spiro atoms. The van der Waals surface area contributed by atoms with Crippen LogP contribution in [0.4, 0.5) is 5.69 Å². The van der Waals surface area contributed by atoms with E-state index < -0.39 is 0 Å². The predicted molar refractivity (Wildman–Crippen MR) is 74.6 cm³/mol. The molecular weight excluding hydrogens is 232 g/mol. The van der Waals surface area contributed by atoms with Crippen LogP contribution in [0.25, 0.3) is 0 Å². The molecule has 2 rings (SSSR count). The maximum Gasteiger partial charge on any atom is 0.0471 e. The van der Waals surface area contributed by atoms with E-state index in [4.69, 9.17) is 17.3 Å². The number of hydrogen-bond acceptors (Lipinski definition) is 2. The molecule has 1 heterocycles. The molecule has 17 heavy (non-hydrogen) atoms. The average molecular weight is 253 g/mol. The Morgan fingerprint density at radius 2 is 1.71 bits per heavy atom. The van der Waals surface area contributed by atoms with Gasteiger partial charge in [0.15, 0.2) is 0 Å². The molecule has 1 saturated heterocycles. The normalized spacial score (nSPS) is 17.6. The fourth-order valence-electron chi connectivity index (χ4n) is 2.40. The summed E-state index contributed by atoms with van der Waals surface area (Å²) in [5, 5.41) is 0.798. The Hall–Kier alpha value is -0.730. The van der Waals surface area contributed by atoms with Gasteiger partial charge in [-0.3, -0.25) is 0 Å². The van der Waals surface area contributed by atoms with Gasteiger partial charge < -0.3 is 10.6 Å². The first-order valence-electron chi connectivity index (χ1n) is 6.54. The van der Waals surface area contributed by atoms with E-state index in [1.807, 2.05) is 0 Å². The van der Waals surface area contributed by atoms with Gasteiger partial charge in [0.2, 0.25) is 0 Å². The molecule has 1 aromatic carbocycles. The lowest BCUT2D eigenvalue weighted by molar-refractivity contribution is 0.556. The van der Waals surface area contributed by atoms with Crippen LogP contribution in [-0.2, 0) is 6.54 Å². The number of nitrogens with two attached hydrogens (primary N) is 1. The van der Waals surface area contributed by atoms with Crippen LogP contribution in [0.15, 0.2) is 18.2 Å². The first-order chi connectivity index (χ1) is 8.31. The second-order valence-corrected chi connectivity index (χ2v) is 5.14. The van der Waals surface area contributed by atoms with Crippen LogP contribution in [0.2, 0.25) is 5.02 Å². The number of benzene rings is 1. The Kier molecular flexibility index (Phi) is 4.69. The van der Waals surface area contributed by atoms with E-state index in [0.717, 1.165) is 23.7 Å². The van der Waals surface area contributed by atoms with Gasteiger partial charge in [0.25, 0.3) is 0 Å². The molecule has 0 amide bonds. The predicted octanol–water partition coefficient (Wildman–Crippen LogP) is 3.57. The summed E-state index contributed by atoms with van der Waals surface area (Å²) in [6.07, 6.45) is 6.67. The van der Waals surface area contributed by atoms with Crippen molar-refractivity contribution in [3.63, 3.8) is 0 Å². The first kappa shape index (κ1) is 12.7. The third-order valence-electron chi connectivity index (χ3n) is 3.48. The first-order valence-corrected chi connectivity index (χ1v) is 6.92. The van der Waals surface area contributed by atoms with E-state index in [1.165, 1.54) is 37.8 Å². The quantitative estimate of drug-likeness (QED) is 0.872. The van der Waals surface area contributed by atoms with Crippen molar-refractivity contribution in [2.45, 2.75) is 38.6 Å². The third kappa shape index (κ3) is 3.36. The van der Waals surface area contributed by atoms with Gasteiger partial charge in [-0.25, -0.2) is 0 Å². The van der Waals surface area contributed by atoms with E-state index in [-0.39, 0.29) is 0 Å². The average Bonchev–Trinajstić information content (AvgIpc) is 2.28. The number of nitrogens with zero attached hydrogens (tertiary/aromatic N) is 1. The number of anilines is 1. The largest absolute Gasteiger partial charge is 0.371 e. The van der Waals surface area contributed by atoms with Crippen LogP contribution in [0.3, 0.4) is 0 Å². The summed E-state index contributed by atoms with van der Waals surface area (Å²) >= 11 is 6.22. The summed E-state index contributed by atoms with van der Waals surface area (Å²) in [7, 11) is 0. The highest BCUT2D eigenvalue weighted by Gasteiger charge is 2.10. The molecule has 2 N–H and O–H groups in total. The maximum atomic E-state index is 6.22. The van der Waals surface area contributed by atoms with Gasteiger partial charge in [-0.1, -0.05) is 36.9 Å². The molecular formula is C14H21ClN2. The molecule has 2 nitrogen and oxygen atoms in total. The van der Waals surface area contributed by atoms with Gasteiger partial charge in [0.05, 0.1) is 0 Å². The van der Waals surface area contributed by atoms with E-state index in [1.54, 1.807) is 0 Å². The third-order valence-corrected chi connectivity index (χ3v) is 3.83. The highest BCUT2D eigenvalue weighted by Crippen LogP contribution is 2.25. The summed E-state index contributed by atoms with van der Waals surface area (Å²) in [6.45, 7) is 2.82. The second-order valence-electron chi connectivity index (χ2n) is 4.73. The summed E-state index contributed by atoms with van der Waals surface area (Å²) < 4.78 is 0. The minimum absolute atomic E-state index is 0.513. The van der Waals surface area contributed by atoms with Crippen molar-refractivity contribution in [2.75, 3.05) is 18.0 Å². The molecule has 1 aliphatic heterocycles. The van der Waals surface area contributed by atoms with Crippen LogP contribution >= 0.6 is 11.6 Å². The molecule has 0 atom stereocenters. The van der Waals surface area contributed by atoms with E-state index in [9.17, 15) is 0 Å². The minimum atomic E-state index is 0.513. The molecule has 94 valence electrons. The Labute approximate surface area is 109 Å².